The van der Waals surface area contributed by atoms with Crippen LogP contribution in [0, 0.1) is 20.8 Å². The normalized spacial score (nSPS) is 10.4. The highest BCUT2D eigenvalue weighted by atomic mass is 16.2. The maximum absolute atomic E-state index is 12.5. The van der Waals surface area contributed by atoms with Gasteiger partial charge in [0, 0.05) is 29.9 Å². The van der Waals surface area contributed by atoms with E-state index in [0.717, 1.165) is 16.8 Å². The number of nitrogens with zero attached hydrogens (tertiary/aromatic N) is 1. The van der Waals surface area contributed by atoms with Crippen LogP contribution in [-0.2, 0) is 0 Å². The molecule has 0 heterocycles. The first-order valence-electron chi connectivity index (χ1n) is 8.65. The largest absolute Gasteiger partial charge is 0.339 e. The number of nitrogens with one attached hydrogen (secondary N) is 1. The zero-order chi connectivity index (χ0) is 18.6. The number of amides is 2. The summed E-state index contributed by atoms with van der Waals surface area (Å²) in [6, 6.07) is 10.9. The monoisotopic (exact) mass is 338 g/mol. The molecule has 1 N–H and O–H groups in total. The molecule has 0 bridgehead atoms. The van der Waals surface area contributed by atoms with Crippen LogP contribution in [0.4, 0.5) is 5.69 Å². The molecule has 0 aliphatic carbocycles. The molecular weight excluding hydrogens is 312 g/mol. The lowest BCUT2D eigenvalue weighted by atomic mass is 10.0. The van der Waals surface area contributed by atoms with Gasteiger partial charge in [0.2, 0.25) is 0 Å². The van der Waals surface area contributed by atoms with Crippen molar-refractivity contribution >= 4 is 17.5 Å². The van der Waals surface area contributed by atoms with Gasteiger partial charge in [-0.3, -0.25) is 9.59 Å². The van der Waals surface area contributed by atoms with Crippen LogP contribution in [0.1, 0.15) is 51.3 Å². The van der Waals surface area contributed by atoms with E-state index in [-0.39, 0.29) is 11.8 Å². The van der Waals surface area contributed by atoms with Crippen molar-refractivity contribution in [2.24, 2.45) is 0 Å². The summed E-state index contributed by atoms with van der Waals surface area (Å²) in [7, 11) is 0. The number of carbonyl (C=O) groups excluding carboxylic acids is 2. The van der Waals surface area contributed by atoms with Crippen LogP contribution < -0.4 is 5.32 Å². The number of benzene rings is 2. The van der Waals surface area contributed by atoms with Crippen molar-refractivity contribution in [3.63, 3.8) is 0 Å². The highest BCUT2D eigenvalue weighted by Crippen LogP contribution is 2.22. The molecule has 25 heavy (non-hydrogen) atoms. The van der Waals surface area contributed by atoms with E-state index in [1.165, 1.54) is 5.56 Å². The number of hydrogen-bond donors (Lipinski definition) is 1. The van der Waals surface area contributed by atoms with E-state index in [1.54, 1.807) is 29.2 Å². The first-order valence-corrected chi connectivity index (χ1v) is 8.65. The van der Waals surface area contributed by atoms with Crippen LogP contribution >= 0.6 is 0 Å². The van der Waals surface area contributed by atoms with Crippen molar-refractivity contribution in [3.8, 4) is 0 Å². The predicted molar refractivity (Wildman–Crippen MR) is 102 cm³/mol. The van der Waals surface area contributed by atoms with Crippen LogP contribution in [0.25, 0.3) is 0 Å². The molecule has 4 heteroatoms. The zero-order valence-corrected chi connectivity index (χ0v) is 15.6. The van der Waals surface area contributed by atoms with E-state index in [4.69, 9.17) is 0 Å². The van der Waals surface area contributed by atoms with Crippen molar-refractivity contribution in [1.82, 2.24) is 4.90 Å². The highest BCUT2D eigenvalue weighted by molar-refractivity contribution is 6.05. The highest BCUT2D eigenvalue weighted by Gasteiger charge is 2.14. The molecule has 2 amide bonds. The lowest BCUT2D eigenvalue weighted by Crippen LogP contribution is -2.30. The third-order valence-corrected chi connectivity index (χ3v) is 4.36. The first-order chi connectivity index (χ1) is 11.9. The molecule has 0 saturated heterocycles. The van der Waals surface area contributed by atoms with Crippen molar-refractivity contribution in [3.05, 3.63) is 64.2 Å². The Labute approximate surface area is 149 Å². The average molecular weight is 338 g/mol. The lowest BCUT2D eigenvalue weighted by molar-refractivity contribution is 0.0772. The Morgan fingerprint density at radius 2 is 1.36 bits per heavy atom. The molecule has 0 aliphatic heterocycles. The summed E-state index contributed by atoms with van der Waals surface area (Å²) in [6.07, 6.45) is 0. The molecule has 132 valence electrons. The topological polar surface area (TPSA) is 49.4 Å². The summed E-state index contributed by atoms with van der Waals surface area (Å²) >= 11 is 0. The summed E-state index contributed by atoms with van der Waals surface area (Å²) < 4.78 is 0. The molecule has 4 nitrogen and oxygen atoms in total. The Morgan fingerprint density at radius 3 is 1.84 bits per heavy atom. The van der Waals surface area contributed by atoms with Crippen LogP contribution in [0.3, 0.4) is 0 Å². The maximum Gasteiger partial charge on any atom is 0.255 e. The summed E-state index contributed by atoms with van der Waals surface area (Å²) in [4.78, 5) is 26.6. The van der Waals surface area contributed by atoms with Gasteiger partial charge in [0.1, 0.15) is 0 Å². The Balaban J connectivity index is 2.17. The van der Waals surface area contributed by atoms with E-state index in [1.807, 2.05) is 34.6 Å². The molecule has 2 aromatic rings. The van der Waals surface area contributed by atoms with E-state index in [9.17, 15) is 9.59 Å². The maximum atomic E-state index is 12.5. The average Bonchev–Trinajstić information content (AvgIpc) is 2.59. The fourth-order valence-corrected chi connectivity index (χ4v) is 3.02. The van der Waals surface area contributed by atoms with Gasteiger partial charge in [0.15, 0.2) is 0 Å². The number of anilines is 1. The molecule has 0 fully saturated rings. The molecule has 0 atom stereocenters. The van der Waals surface area contributed by atoms with Crippen molar-refractivity contribution in [2.45, 2.75) is 34.6 Å². The molecule has 2 aromatic carbocycles. The molecule has 0 aliphatic rings. The lowest BCUT2D eigenvalue weighted by Gasteiger charge is -2.18. The predicted octanol–water partition coefficient (Wildman–Crippen LogP) is 4.35. The summed E-state index contributed by atoms with van der Waals surface area (Å²) in [5.74, 6) is -0.181. The minimum absolute atomic E-state index is 0.0119. The number of rotatable bonds is 5. The molecule has 0 radical (unpaired) electrons. The number of carbonyl (C=O) groups is 2. The van der Waals surface area contributed by atoms with Gasteiger partial charge in [-0.1, -0.05) is 17.7 Å². The minimum Gasteiger partial charge on any atom is -0.339 e. The fourth-order valence-electron chi connectivity index (χ4n) is 3.02. The van der Waals surface area contributed by atoms with Gasteiger partial charge in [-0.15, -0.1) is 0 Å². The first kappa shape index (κ1) is 18.7. The van der Waals surface area contributed by atoms with Gasteiger partial charge in [0.05, 0.1) is 0 Å². The molecular formula is C21H26N2O2. The second kappa shape index (κ2) is 7.97. The summed E-state index contributed by atoms with van der Waals surface area (Å²) in [5.41, 5.74) is 5.24. The van der Waals surface area contributed by atoms with Crippen LogP contribution in [0.15, 0.2) is 36.4 Å². The molecule has 0 spiro atoms. The SMILES string of the molecule is CCN(CC)C(=O)c1ccc(C(=O)Nc2c(C)cc(C)cc2C)cc1. The number of hydrogen-bond acceptors (Lipinski definition) is 2. The standard InChI is InChI=1S/C21H26N2O2/c1-6-23(7-2)21(25)18-10-8-17(9-11-18)20(24)22-19-15(4)12-14(3)13-16(19)5/h8-13H,6-7H2,1-5H3,(H,22,24). The van der Waals surface area contributed by atoms with Gasteiger partial charge >= 0.3 is 0 Å². The van der Waals surface area contributed by atoms with E-state index >= 15 is 0 Å². The minimum atomic E-state index is -0.170. The second-order valence-electron chi connectivity index (χ2n) is 6.28. The summed E-state index contributed by atoms with van der Waals surface area (Å²) in [6.45, 7) is 11.3. The van der Waals surface area contributed by atoms with Gasteiger partial charge < -0.3 is 10.2 Å². The van der Waals surface area contributed by atoms with Crippen molar-refractivity contribution in [1.29, 1.82) is 0 Å². The Bertz CT molecular complexity index is 752. The van der Waals surface area contributed by atoms with Crippen LogP contribution in [0.2, 0.25) is 0 Å². The molecule has 2 rings (SSSR count). The van der Waals surface area contributed by atoms with Crippen LogP contribution in [0.5, 0.6) is 0 Å². The van der Waals surface area contributed by atoms with Crippen LogP contribution in [-0.4, -0.2) is 29.8 Å². The van der Waals surface area contributed by atoms with Crippen molar-refractivity contribution < 1.29 is 9.59 Å². The number of aryl methyl sites for hydroxylation is 3. The van der Waals surface area contributed by atoms with Crippen molar-refractivity contribution in [2.75, 3.05) is 18.4 Å². The third kappa shape index (κ3) is 4.27. The fraction of sp³-hybridized carbons (Fsp3) is 0.333. The molecule has 0 unspecified atom stereocenters. The zero-order valence-electron chi connectivity index (χ0n) is 15.6. The third-order valence-electron chi connectivity index (χ3n) is 4.36. The smallest absolute Gasteiger partial charge is 0.255 e. The quantitative estimate of drug-likeness (QED) is 0.881. The van der Waals surface area contributed by atoms with E-state index in [0.29, 0.717) is 24.2 Å². The Morgan fingerprint density at radius 1 is 0.880 bits per heavy atom. The van der Waals surface area contributed by atoms with Gasteiger partial charge in [-0.2, -0.15) is 0 Å². The van der Waals surface area contributed by atoms with Gasteiger partial charge in [-0.05, 0) is 70.0 Å². The van der Waals surface area contributed by atoms with E-state index < -0.39 is 0 Å². The molecule has 0 saturated carbocycles. The van der Waals surface area contributed by atoms with Gasteiger partial charge in [0.25, 0.3) is 11.8 Å². The Hall–Kier alpha value is -2.62. The Kier molecular flexibility index (Phi) is 5.97. The van der Waals surface area contributed by atoms with Gasteiger partial charge in [-0.25, -0.2) is 0 Å². The second-order valence-corrected chi connectivity index (χ2v) is 6.28. The summed E-state index contributed by atoms with van der Waals surface area (Å²) in [5, 5.41) is 2.98. The van der Waals surface area contributed by atoms with E-state index in [2.05, 4.69) is 17.4 Å². The molecule has 0 aromatic heterocycles.